The molecule has 2 aromatic heterocycles. The molecule has 4 atom stereocenters. The van der Waals surface area contributed by atoms with Crippen molar-refractivity contribution in [3.05, 3.63) is 113 Å². The second kappa shape index (κ2) is 14.7. The normalized spacial score (nSPS) is 20.8. The number of aromatic nitrogens is 6. The Labute approximate surface area is 294 Å². The van der Waals surface area contributed by atoms with Crippen LogP contribution in [0.2, 0.25) is 0 Å². The summed E-state index contributed by atoms with van der Waals surface area (Å²) in [5, 5.41) is 18.5. The molecule has 2 aliphatic rings. The third-order valence-electron chi connectivity index (χ3n) is 10.1. The van der Waals surface area contributed by atoms with Crippen molar-refractivity contribution in [2.45, 2.75) is 51.0 Å². The third-order valence-corrected chi connectivity index (χ3v) is 10.1. The predicted molar refractivity (Wildman–Crippen MR) is 185 cm³/mol. The molecule has 7 rings (SSSR count). The lowest BCUT2D eigenvalue weighted by Crippen LogP contribution is -3.10. The lowest BCUT2D eigenvalue weighted by Gasteiger charge is -2.33. The maximum absolute atomic E-state index is 15.0. The van der Waals surface area contributed by atoms with Gasteiger partial charge in [-0.1, -0.05) is 13.0 Å². The van der Waals surface area contributed by atoms with Crippen LogP contribution in [0, 0.1) is 17.6 Å². The van der Waals surface area contributed by atoms with E-state index in [1.807, 2.05) is 31.2 Å². The quantitative estimate of drug-likeness (QED) is 0.204. The molecular formula is C37H43F2N8O4+. The Morgan fingerprint density at radius 3 is 2.43 bits per heavy atom. The summed E-state index contributed by atoms with van der Waals surface area (Å²) in [6.45, 7) is 8.22. The van der Waals surface area contributed by atoms with Gasteiger partial charge in [-0.25, -0.2) is 32.5 Å². The SMILES string of the molecule is CCC([C@H](C)O)n1ncn(-c2ccc([NH+]3CCN(c4ccc(OC[C@@H]5CO[C@@](Cn6cncn6)(c6ccc(F)cc6F)C5)cc4)CC3)cc2)c1=O. The van der Waals surface area contributed by atoms with Crippen LogP contribution in [0.1, 0.15) is 38.3 Å². The standard InChI is InChI=1S/C37H42F2N8O4/c1-3-35(26(2)48)47-36(49)46(25-42-47)31-7-5-29(6-8-31)43-14-16-44(17-15-43)30-9-11-32(12-10-30)50-20-27-19-37(51-21-27,22-45-24-40-23-41-45)33-13-4-28(38)18-34(33)39/h4-13,18,23-27,35,48H,3,14-17,19-22H2,1-2H3/p+1/t26-,27+,35?,37-/m0/s1. The van der Waals surface area contributed by atoms with Crippen molar-refractivity contribution in [1.82, 2.24) is 29.1 Å². The molecule has 2 saturated heterocycles. The van der Waals surface area contributed by atoms with Crippen molar-refractivity contribution in [2.75, 3.05) is 44.3 Å². The summed E-state index contributed by atoms with van der Waals surface area (Å²) in [4.78, 5) is 20.7. The zero-order valence-corrected chi connectivity index (χ0v) is 28.7. The number of halogens is 2. The number of aliphatic hydroxyl groups excluding tert-OH is 1. The predicted octanol–water partition coefficient (Wildman–Crippen LogP) is 3.28. The first-order valence-corrected chi connectivity index (χ1v) is 17.4. The van der Waals surface area contributed by atoms with Crippen LogP contribution >= 0.6 is 0 Å². The first kappa shape index (κ1) is 34.5. The van der Waals surface area contributed by atoms with Gasteiger partial charge in [0.25, 0.3) is 0 Å². The van der Waals surface area contributed by atoms with Crippen LogP contribution in [-0.4, -0.2) is 79.7 Å². The van der Waals surface area contributed by atoms with Gasteiger partial charge in [0.15, 0.2) is 0 Å². The second-order valence-corrected chi connectivity index (χ2v) is 13.5. The molecule has 0 bridgehead atoms. The average molecular weight is 702 g/mol. The van der Waals surface area contributed by atoms with E-state index in [1.54, 1.807) is 17.9 Å². The van der Waals surface area contributed by atoms with Gasteiger partial charge in [0.05, 0.1) is 63.8 Å². The Hall–Kier alpha value is -4.92. The van der Waals surface area contributed by atoms with Gasteiger partial charge in [-0.2, -0.15) is 10.2 Å². The van der Waals surface area contributed by atoms with E-state index < -0.39 is 23.3 Å². The minimum Gasteiger partial charge on any atom is -0.493 e. The number of benzene rings is 3. The molecular weight excluding hydrogens is 658 g/mol. The molecule has 0 radical (unpaired) electrons. The van der Waals surface area contributed by atoms with Gasteiger partial charge in [-0.15, -0.1) is 0 Å². The fourth-order valence-corrected chi connectivity index (χ4v) is 7.37. The second-order valence-electron chi connectivity index (χ2n) is 13.5. The molecule has 2 N–H and O–H groups in total. The van der Waals surface area contributed by atoms with Gasteiger partial charge in [-0.3, -0.25) is 4.90 Å². The fraction of sp³-hybridized carbons (Fsp3) is 0.405. The van der Waals surface area contributed by atoms with Crippen LogP contribution in [0.25, 0.3) is 5.69 Å². The molecule has 0 spiro atoms. The van der Waals surface area contributed by atoms with E-state index in [2.05, 4.69) is 44.3 Å². The zero-order chi connectivity index (χ0) is 35.5. The molecule has 5 aromatic rings. The maximum Gasteiger partial charge on any atom is 0.350 e. The lowest BCUT2D eigenvalue weighted by atomic mass is 9.87. The molecule has 268 valence electrons. The summed E-state index contributed by atoms with van der Waals surface area (Å²) in [7, 11) is 0. The summed E-state index contributed by atoms with van der Waals surface area (Å²) in [5.74, 6) is -0.552. The minimum atomic E-state index is -1.02. The number of piperazine rings is 1. The summed E-state index contributed by atoms with van der Waals surface area (Å²) >= 11 is 0. The lowest BCUT2D eigenvalue weighted by molar-refractivity contribution is -0.833. The van der Waals surface area contributed by atoms with Crippen LogP contribution in [-0.2, 0) is 16.9 Å². The molecule has 0 aliphatic carbocycles. The highest BCUT2D eigenvalue weighted by atomic mass is 19.1. The molecule has 1 unspecified atom stereocenters. The van der Waals surface area contributed by atoms with Crippen molar-refractivity contribution in [2.24, 2.45) is 5.92 Å². The number of aliphatic hydroxyl groups is 1. The summed E-state index contributed by atoms with van der Waals surface area (Å²) in [5.41, 5.74) is 2.05. The molecule has 0 saturated carbocycles. The number of quaternary nitrogens is 1. The van der Waals surface area contributed by atoms with Crippen molar-refractivity contribution >= 4 is 11.4 Å². The third kappa shape index (κ3) is 7.30. The summed E-state index contributed by atoms with van der Waals surface area (Å²) < 4.78 is 45.6. The highest BCUT2D eigenvalue weighted by Crippen LogP contribution is 2.42. The van der Waals surface area contributed by atoms with Gasteiger partial charge in [-0.05, 0) is 62.2 Å². The number of nitrogens with zero attached hydrogens (tertiary/aromatic N) is 7. The maximum atomic E-state index is 15.0. The van der Waals surface area contributed by atoms with E-state index in [-0.39, 0.29) is 24.2 Å². The molecule has 2 fully saturated rings. The van der Waals surface area contributed by atoms with Gasteiger partial charge in [0, 0.05) is 35.4 Å². The van der Waals surface area contributed by atoms with Gasteiger partial charge in [0.2, 0.25) is 0 Å². The highest BCUT2D eigenvalue weighted by molar-refractivity contribution is 5.49. The zero-order valence-electron chi connectivity index (χ0n) is 28.7. The van der Waals surface area contributed by atoms with E-state index in [4.69, 9.17) is 9.47 Å². The Morgan fingerprint density at radius 1 is 1.02 bits per heavy atom. The van der Waals surface area contributed by atoms with E-state index in [0.29, 0.717) is 31.6 Å². The molecule has 0 amide bonds. The minimum absolute atomic E-state index is 0.00932. The average Bonchev–Trinajstić information content (AvgIpc) is 3.90. The van der Waals surface area contributed by atoms with Gasteiger partial charge >= 0.3 is 5.69 Å². The number of hydrogen-bond acceptors (Lipinski definition) is 8. The molecule has 3 aromatic carbocycles. The first-order valence-electron chi connectivity index (χ1n) is 17.4. The molecule has 12 nitrogen and oxygen atoms in total. The van der Waals surface area contributed by atoms with Crippen LogP contribution in [0.15, 0.2) is 90.5 Å². The largest absolute Gasteiger partial charge is 0.493 e. The number of ether oxygens (including phenoxy) is 2. The summed E-state index contributed by atoms with van der Waals surface area (Å²) in [6, 6.07) is 19.3. The van der Waals surface area contributed by atoms with Crippen molar-refractivity contribution < 1.29 is 28.3 Å². The van der Waals surface area contributed by atoms with Crippen LogP contribution < -0.4 is 20.2 Å². The Balaban J connectivity index is 0.923. The smallest absolute Gasteiger partial charge is 0.350 e. The van der Waals surface area contributed by atoms with Crippen LogP contribution in [0.3, 0.4) is 0 Å². The molecule has 4 heterocycles. The van der Waals surface area contributed by atoms with E-state index in [0.717, 1.165) is 49.4 Å². The van der Waals surface area contributed by atoms with E-state index in [9.17, 15) is 18.7 Å². The van der Waals surface area contributed by atoms with Gasteiger partial charge in [0.1, 0.15) is 47.7 Å². The van der Waals surface area contributed by atoms with Crippen LogP contribution in [0.5, 0.6) is 5.75 Å². The number of rotatable bonds is 12. The van der Waals surface area contributed by atoms with Crippen molar-refractivity contribution in [3.8, 4) is 11.4 Å². The first-order chi connectivity index (χ1) is 24.7. The fourth-order valence-electron chi connectivity index (χ4n) is 7.37. The Kier molecular flexibility index (Phi) is 9.98. The van der Waals surface area contributed by atoms with Crippen molar-refractivity contribution in [1.29, 1.82) is 0 Å². The molecule has 2 aliphatic heterocycles. The topological polar surface area (TPSA) is 117 Å². The monoisotopic (exact) mass is 701 g/mol. The van der Waals surface area contributed by atoms with E-state index in [1.165, 1.54) is 44.6 Å². The Morgan fingerprint density at radius 2 is 1.76 bits per heavy atom. The molecule has 14 heteroatoms. The molecule has 51 heavy (non-hydrogen) atoms. The number of nitrogens with one attached hydrogen (secondary N) is 1. The van der Waals surface area contributed by atoms with Gasteiger partial charge < -0.3 is 19.5 Å². The number of anilines is 1. The number of hydrogen-bond donors (Lipinski definition) is 2. The summed E-state index contributed by atoms with van der Waals surface area (Å²) in [6.07, 6.45) is 4.90. The Bertz CT molecular complexity index is 1960. The van der Waals surface area contributed by atoms with E-state index >= 15 is 0 Å². The highest BCUT2D eigenvalue weighted by Gasteiger charge is 2.44. The van der Waals surface area contributed by atoms with Crippen molar-refractivity contribution in [3.63, 3.8) is 0 Å². The van der Waals surface area contributed by atoms with Crippen LogP contribution in [0.4, 0.5) is 20.2 Å².